The molecule has 1 aromatic heterocycles. The van der Waals surface area contributed by atoms with Gasteiger partial charge in [-0.1, -0.05) is 37.6 Å². The highest BCUT2D eigenvalue weighted by atomic mass is 32.1. The number of anilines is 1. The first-order valence-electron chi connectivity index (χ1n) is 8.71. The number of methoxy groups -OCH3 is 1. The monoisotopic (exact) mass is 352 g/mol. The fourth-order valence-electron chi connectivity index (χ4n) is 2.69. The number of nitrogens with zero attached hydrogens (tertiary/aromatic N) is 1. The van der Waals surface area contributed by atoms with Crippen LogP contribution in [0.15, 0.2) is 54.7 Å². The van der Waals surface area contributed by atoms with Crippen LogP contribution in [-0.4, -0.2) is 12.1 Å². The first kappa shape index (κ1) is 17.5. The topological polar surface area (TPSA) is 34.2 Å². The average molecular weight is 353 g/mol. The predicted octanol–water partition coefficient (Wildman–Crippen LogP) is 5.77. The van der Waals surface area contributed by atoms with Gasteiger partial charge < -0.3 is 10.1 Å². The number of hydrogen-bond acceptors (Lipinski definition) is 4. The number of ether oxygens (including phenoxy) is 1. The molecule has 0 radical (unpaired) electrons. The van der Waals surface area contributed by atoms with Gasteiger partial charge in [0.25, 0.3) is 0 Å². The van der Waals surface area contributed by atoms with Gasteiger partial charge in [0.1, 0.15) is 10.8 Å². The number of unbranched alkanes of at least 4 members (excludes halogenated alkanes) is 1. The van der Waals surface area contributed by atoms with Crippen molar-refractivity contribution < 1.29 is 4.74 Å². The zero-order valence-electron chi connectivity index (χ0n) is 14.8. The molecule has 130 valence electrons. The second-order valence-electron chi connectivity index (χ2n) is 5.99. The number of para-hydroxylation sites is 1. The zero-order chi connectivity index (χ0) is 17.5. The Bertz CT molecular complexity index is 796. The van der Waals surface area contributed by atoms with Crippen molar-refractivity contribution in [3.63, 3.8) is 0 Å². The van der Waals surface area contributed by atoms with Gasteiger partial charge in [-0.15, -0.1) is 11.3 Å². The normalized spacial score (nSPS) is 10.6. The lowest BCUT2D eigenvalue weighted by molar-refractivity contribution is 0.416. The van der Waals surface area contributed by atoms with Gasteiger partial charge in [-0.2, -0.15) is 0 Å². The SMILES string of the molecule is CCCCc1ccc(NCc2cnc(-c3ccccc3OC)s2)cc1. The highest BCUT2D eigenvalue weighted by Crippen LogP contribution is 2.32. The molecule has 25 heavy (non-hydrogen) atoms. The summed E-state index contributed by atoms with van der Waals surface area (Å²) < 4.78 is 5.43. The fraction of sp³-hybridized carbons (Fsp3) is 0.286. The number of thiazole rings is 1. The molecule has 0 aliphatic heterocycles. The third-order valence-electron chi connectivity index (χ3n) is 4.13. The molecule has 1 N–H and O–H groups in total. The molecular formula is C21H24N2OS. The van der Waals surface area contributed by atoms with E-state index in [1.807, 2.05) is 30.5 Å². The van der Waals surface area contributed by atoms with Crippen LogP contribution in [0.4, 0.5) is 5.69 Å². The van der Waals surface area contributed by atoms with Crippen LogP contribution in [0.25, 0.3) is 10.6 Å². The summed E-state index contributed by atoms with van der Waals surface area (Å²) in [4.78, 5) is 5.76. The van der Waals surface area contributed by atoms with E-state index in [0.717, 1.165) is 35.0 Å². The van der Waals surface area contributed by atoms with Crippen molar-refractivity contribution in [2.45, 2.75) is 32.7 Å². The van der Waals surface area contributed by atoms with Crippen LogP contribution in [0.1, 0.15) is 30.2 Å². The lowest BCUT2D eigenvalue weighted by atomic mass is 10.1. The van der Waals surface area contributed by atoms with Crippen LogP contribution in [0.5, 0.6) is 5.75 Å². The molecule has 3 aromatic rings. The van der Waals surface area contributed by atoms with Crippen LogP contribution in [0, 0.1) is 0 Å². The number of nitrogens with one attached hydrogen (secondary N) is 1. The summed E-state index contributed by atoms with van der Waals surface area (Å²) in [7, 11) is 1.69. The molecule has 0 bridgehead atoms. The minimum absolute atomic E-state index is 0.779. The highest BCUT2D eigenvalue weighted by Gasteiger charge is 2.09. The van der Waals surface area contributed by atoms with E-state index in [1.165, 1.54) is 23.3 Å². The molecule has 0 fully saturated rings. The third-order valence-corrected chi connectivity index (χ3v) is 5.16. The van der Waals surface area contributed by atoms with Gasteiger partial charge in [0.15, 0.2) is 0 Å². The number of hydrogen-bond donors (Lipinski definition) is 1. The predicted molar refractivity (Wildman–Crippen MR) is 106 cm³/mol. The number of benzene rings is 2. The molecule has 0 spiro atoms. The molecule has 3 nitrogen and oxygen atoms in total. The smallest absolute Gasteiger partial charge is 0.129 e. The van der Waals surface area contributed by atoms with Crippen molar-refractivity contribution in [1.29, 1.82) is 0 Å². The Hall–Kier alpha value is -2.33. The lowest BCUT2D eigenvalue weighted by Gasteiger charge is -2.06. The number of rotatable bonds is 8. The minimum atomic E-state index is 0.779. The maximum atomic E-state index is 5.43. The Morgan fingerprint density at radius 2 is 1.88 bits per heavy atom. The Morgan fingerprint density at radius 3 is 2.64 bits per heavy atom. The molecular weight excluding hydrogens is 328 g/mol. The molecule has 0 unspecified atom stereocenters. The summed E-state index contributed by atoms with van der Waals surface area (Å²) in [6.07, 6.45) is 5.59. The maximum Gasteiger partial charge on any atom is 0.129 e. The van der Waals surface area contributed by atoms with Gasteiger partial charge in [0.2, 0.25) is 0 Å². The van der Waals surface area contributed by atoms with Crippen molar-refractivity contribution >= 4 is 17.0 Å². The van der Waals surface area contributed by atoms with Crippen LogP contribution in [-0.2, 0) is 13.0 Å². The Morgan fingerprint density at radius 1 is 1.08 bits per heavy atom. The van der Waals surface area contributed by atoms with E-state index in [2.05, 4.69) is 41.5 Å². The molecule has 2 aromatic carbocycles. The number of aromatic nitrogens is 1. The summed E-state index contributed by atoms with van der Waals surface area (Å²) in [5.74, 6) is 0.860. The van der Waals surface area contributed by atoms with Gasteiger partial charge >= 0.3 is 0 Å². The third kappa shape index (κ3) is 4.60. The highest BCUT2D eigenvalue weighted by molar-refractivity contribution is 7.15. The van der Waals surface area contributed by atoms with Gasteiger partial charge in [0, 0.05) is 16.8 Å². The quantitative estimate of drug-likeness (QED) is 0.558. The van der Waals surface area contributed by atoms with Gasteiger partial charge in [-0.05, 0) is 42.7 Å². The van der Waals surface area contributed by atoms with E-state index in [-0.39, 0.29) is 0 Å². The lowest BCUT2D eigenvalue weighted by Crippen LogP contribution is -1.97. The molecule has 3 rings (SSSR count). The molecule has 0 aliphatic rings. The van der Waals surface area contributed by atoms with Crippen molar-refractivity contribution in [2.75, 3.05) is 12.4 Å². The first-order chi connectivity index (χ1) is 12.3. The van der Waals surface area contributed by atoms with Crippen molar-refractivity contribution in [3.8, 4) is 16.3 Å². The standard InChI is InChI=1S/C21H24N2OS/c1-3-4-7-16-10-12-17(13-11-16)22-14-18-15-23-21(25-18)19-8-5-6-9-20(19)24-2/h5-6,8-13,15,22H,3-4,7,14H2,1-2H3. The summed E-state index contributed by atoms with van der Waals surface area (Å²) in [5, 5.41) is 4.47. The van der Waals surface area contributed by atoms with Crippen LogP contribution >= 0.6 is 11.3 Å². The fourth-order valence-corrected chi connectivity index (χ4v) is 3.58. The molecule has 0 aliphatic carbocycles. The van der Waals surface area contributed by atoms with E-state index in [1.54, 1.807) is 18.4 Å². The van der Waals surface area contributed by atoms with Crippen LogP contribution in [0.2, 0.25) is 0 Å². The molecule has 1 heterocycles. The molecule has 0 atom stereocenters. The van der Waals surface area contributed by atoms with E-state index in [9.17, 15) is 0 Å². The molecule has 0 saturated heterocycles. The summed E-state index contributed by atoms with van der Waals surface area (Å²) in [5.41, 5.74) is 3.60. The average Bonchev–Trinajstić information content (AvgIpc) is 3.14. The number of aryl methyl sites for hydroxylation is 1. The summed E-state index contributed by atoms with van der Waals surface area (Å²) in [6.45, 7) is 3.01. The molecule has 4 heteroatoms. The van der Waals surface area contributed by atoms with Gasteiger partial charge in [0.05, 0.1) is 19.2 Å². The second kappa shape index (κ2) is 8.67. The Balaban J connectivity index is 1.62. The zero-order valence-corrected chi connectivity index (χ0v) is 15.6. The van der Waals surface area contributed by atoms with Crippen molar-refractivity contribution in [1.82, 2.24) is 4.98 Å². The van der Waals surface area contributed by atoms with Gasteiger partial charge in [-0.3, -0.25) is 0 Å². The molecule has 0 amide bonds. The first-order valence-corrected chi connectivity index (χ1v) is 9.52. The van der Waals surface area contributed by atoms with Crippen molar-refractivity contribution in [2.24, 2.45) is 0 Å². The molecule has 0 saturated carbocycles. The summed E-state index contributed by atoms with van der Waals surface area (Å²) in [6, 6.07) is 16.7. The van der Waals surface area contributed by atoms with Crippen molar-refractivity contribution in [3.05, 3.63) is 65.2 Å². The van der Waals surface area contributed by atoms with E-state index in [4.69, 9.17) is 4.74 Å². The Labute approximate surface area is 153 Å². The van der Waals surface area contributed by atoms with Crippen LogP contribution < -0.4 is 10.1 Å². The maximum absolute atomic E-state index is 5.43. The van der Waals surface area contributed by atoms with Crippen LogP contribution in [0.3, 0.4) is 0 Å². The minimum Gasteiger partial charge on any atom is -0.496 e. The van der Waals surface area contributed by atoms with E-state index >= 15 is 0 Å². The summed E-state index contributed by atoms with van der Waals surface area (Å²) >= 11 is 1.70. The second-order valence-corrected chi connectivity index (χ2v) is 7.10. The Kier molecular flexibility index (Phi) is 6.07. The van der Waals surface area contributed by atoms with E-state index in [0.29, 0.717) is 0 Å². The van der Waals surface area contributed by atoms with E-state index < -0.39 is 0 Å². The largest absolute Gasteiger partial charge is 0.496 e. The van der Waals surface area contributed by atoms with Gasteiger partial charge in [-0.25, -0.2) is 4.98 Å².